The topological polar surface area (TPSA) is 55.8 Å². The monoisotopic (exact) mass is 272 g/mol. The molecule has 2 aromatic carbocycles. The number of ether oxygens (including phenoxy) is 2. The average molecular weight is 272 g/mol. The van der Waals surface area contributed by atoms with Gasteiger partial charge < -0.3 is 14.6 Å². The van der Waals surface area contributed by atoms with E-state index in [1.807, 2.05) is 12.1 Å². The van der Waals surface area contributed by atoms with Crippen LogP contribution in [0.3, 0.4) is 0 Å². The summed E-state index contributed by atoms with van der Waals surface area (Å²) in [6.07, 6.45) is -0.915. The molecule has 4 nitrogen and oxygen atoms in total. The molecule has 4 heteroatoms. The van der Waals surface area contributed by atoms with Crippen LogP contribution in [0.25, 0.3) is 10.8 Å². The lowest BCUT2D eigenvalue weighted by Gasteiger charge is -2.13. The molecule has 0 amide bonds. The van der Waals surface area contributed by atoms with Gasteiger partial charge in [0.2, 0.25) is 0 Å². The number of hydrogen-bond donors (Lipinski definition) is 1. The fourth-order valence-electron chi connectivity index (χ4n) is 1.81. The third-order valence-electron chi connectivity index (χ3n) is 2.69. The number of aliphatic hydroxyl groups excluding tert-OH is 1. The van der Waals surface area contributed by atoms with Crippen molar-refractivity contribution >= 4 is 16.7 Å². The molecule has 20 heavy (non-hydrogen) atoms. The maximum atomic E-state index is 11.6. The zero-order valence-electron chi connectivity index (χ0n) is 11.4. The molecule has 0 fully saturated rings. The van der Waals surface area contributed by atoms with Crippen molar-refractivity contribution in [2.24, 2.45) is 0 Å². The highest BCUT2D eigenvalue weighted by molar-refractivity contribution is 5.96. The Morgan fingerprint density at radius 2 is 1.70 bits per heavy atom. The number of carbonyl (C=O) groups is 1. The van der Waals surface area contributed by atoms with Crippen LogP contribution in [0.2, 0.25) is 0 Å². The summed E-state index contributed by atoms with van der Waals surface area (Å²) in [6.45, 7) is 6.68. The molecule has 0 heterocycles. The Morgan fingerprint density at radius 1 is 1.15 bits per heavy atom. The first-order valence-corrected chi connectivity index (χ1v) is 6.23. The second kappa shape index (κ2) is 5.75. The average Bonchev–Trinajstić information content (AvgIpc) is 2.39. The SMILES string of the molecule is C=C(C)C(=O)Oc1cccc2c(OC(C)O)cccc12. The van der Waals surface area contributed by atoms with Gasteiger partial charge in [-0.25, -0.2) is 4.79 Å². The van der Waals surface area contributed by atoms with E-state index in [1.54, 1.807) is 31.2 Å². The van der Waals surface area contributed by atoms with E-state index in [0.717, 1.165) is 10.8 Å². The van der Waals surface area contributed by atoms with Crippen LogP contribution in [0.4, 0.5) is 0 Å². The van der Waals surface area contributed by atoms with Gasteiger partial charge in [-0.3, -0.25) is 0 Å². The maximum Gasteiger partial charge on any atom is 0.338 e. The molecule has 0 aliphatic heterocycles. The number of carbonyl (C=O) groups excluding carboxylic acids is 1. The quantitative estimate of drug-likeness (QED) is 0.402. The molecule has 1 N–H and O–H groups in total. The van der Waals surface area contributed by atoms with Crippen LogP contribution in [0.5, 0.6) is 11.5 Å². The zero-order chi connectivity index (χ0) is 14.7. The van der Waals surface area contributed by atoms with Gasteiger partial charge in [0.1, 0.15) is 11.5 Å². The summed E-state index contributed by atoms with van der Waals surface area (Å²) >= 11 is 0. The molecule has 0 spiro atoms. The Bertz CT molecular complexity index is 659. The van der Waals surface area contributed by atoms with E-state index in [2.05, 4.69) is 6.58 Å². The van der Waals surface area contributed by atoms with Crippen LogP contribution in [0.15, 0.2) is 48.6 Å². The summed E-state index contributed by atoms with van der Waals surface area (Å²) < 4.78 is 10.6. The van der Waals surface area contributed by atoms with Gasteiger partial charge in [-0.05, 0) is 26.0 Å². The lowest BCUT2D eigenvalue weighted by atomic mass is 10.1. The van der Waals surface area contributed by atoms with Crippen molar-refractivity contribution in [2.45, 2.75) is 20.1 Å². The fourth-order valence-corrected chi connectivity index (χ4v) is 1.81. The number of hydrogen-bond acceptors (Lipinski definition) is 4. The molecule has 0 aromatic heterocycles. The van der Waals surface area contributed by atoms with Gasteiger partial charge in [0.15, 0.2) is 6.29 Å². The highest BCUT2D eigenvalue weighted by atomic mass is 16.6. The van der Waals surface area contributed by atoms with E-state index in [9.17, 15) is 9.90 Å². The van der Waals surface area contributed by atoms with Crippen molar-refractivity contribution in [3.05, 3.63) is 48.6 Å². The summed E-state index contributed by atoms with van der Waals surface area (Å²) in [6, 6.07) is 10.7. The summed E-state index contributed by atoms with van der Waals surface area (Å²) in [4.78, 5) is 11.6. The van der Waals surface area contributed by atoms with E-state index >= 15 is 0 Å². The van der Waals surface area contributed by atoms with E-state index in [1.165, 1.54) is 6.92 Å². The second-order valence-electron chi connectivity index (χ2n) is 4.49. The van der Waals surface area contributed by atoms with Gasteiger partial charge in [-0.2, -0.15) is 0 Å². The van der Waals surface area contributed by atoms with Crippen molar-refractivity contribution in [3.63, 3.8) is 0 Å². The van der Waals surface area contributed by atoms with Crippen molar-refractivity contribution < 1.29 is 19.4 Å². The van der Waals surface area contributed by atoms with Gasteiger partial charge >= 0.3 is 5.97 Å². The van der Waals surface area contributed by atoms with Crippen molar-refractivity contribution in [3.8, 4) is 11.5 Å². The summed E-state index contributed by atoms with van der Waals surface area (Å²) in [5.74, 6) is 0.497. The summed E-state index contributed by atoms with van der Waals surface area (Å²) in [7, 11) is 0. The van der Waals surface area contributed by atoms with Gasteiger partial charge in [0, 0.05) is 16.3 Å². The Balaban J connectivity index is 2.47. The zero-order valence-corrected chi connectivity index (χ0v) is 11.4. The molecule has 1 atom stereocenters. The van der Waals surface area contributed by atoms with Gasteiger partial charge in [-0.15, -0.1) is 0 Å². The summed E-state index contributed by atoms with van der Waals surface area (Å²) in [5.41, 5.74) is 0.332. The molecule has 0 radical (unpaired) electrons. The number of fused-ring (bicyclic) bond motifs is 1. The van der Waals surface area contributed by atoms with Crippen LogP contribution in [-0.4, -0.2) is 17.4 Å². The summed E-state index contributed by atoms with van der Waals surface area (Å²) in [5, 5.41) is 10.8. The minimum atomic E-state index is -0.915. The molecule has 104 valence electrons. The third kappa shape index (κ3) is 2.97. The van der Waals surface area contributed by atoms with Crippen molar-refractivity contribution in [2.75, 3.05) is 0 Å². The Hall–Kier alpha value is -2.33. The largest absolute Gasteiger partial charge is 0.465 e. The fraction of sp³-hybridized carbons (Fsp3) is 0.188. The van der Waals surface area contributed by atoms with E-state index in [4.69, 9.17) is 9.47 Å². The van der Waals surface area contributed by atoms with Gasteiger partial charge in [-0.1, -0.05) is 30.8 Å². The van der Waals surface area contributed by atoms with Crippen molar-refractivity contribution in [1.82, 2.24) is 0 Å². The van der Waals surface area contributed by atoms with Gasteiger partial charge in [0.05, 0.1) is 0 Å². The molecule has 2 aromatic rings. The van der Waals surface area contributed by atoms with E-state index in [0.29, 0.717) is 17.1 Å². The highest BCUT2D eigenvalue weighted by Crippen LogP contribution is 2.32. The number of rotatable bonds is 4. The number of esters is 1. The van der Waals surface area contributed by atoms with Crippen LogP contribution >= 0.6 is 0 Å². The molecule has 2 rings (SSSR count). The van der Waals surface area contributed by atoms with Crippen LogP contribution < -0.4 is 9.47 Å². The molecular formula is C16H16O4. The molecule has 0 saturated heterocycles. The molecular weight excluding hydrogens is 256 g/mol. The Morgan fingerprint density at radius 3 is 2.25 bits per heavy atom. The first kappa shape index (κ1) is 14.1. The predicted molar refractivity (Wildman–Crippen MR) is 76.7 cm³/mol. The Kier molecular flexibility index (Phi) is 4.05. The van der Waals surface area contributed by atoms with E-state index in [-0.39, 0.29) is 0 Å². The molecule has 0 aliphatic carbocycles. The molecule has 1 unspecified atom stereocenters. The minimum absolute atomic E-state index is 0.332. The normalized spacial score (nSPS) is 11.9. The first-order valence-electron chi connectivity index (χ1n) is 6.23. The Labute approximate surface area is 117 Å². The number of benzene rings is 2. The maximum absolute atomic E-state index is 11.6. The molecule has 0 saturated carbocycles. The standard InChI is InChI=1S/C16H16O4/c1-10(2)16(18)20-15-9-5-6-12-13(15)7-4-8-14(12)19-11(3)17/h4-9,11,17H,1H2,2-3H3. The lowest BCUT2D eigenvalue weighted by Crippen LogP contribution is -2.10. The van der Waals surface area contributed by atoms with E-state index < -0.39 is 12.3 Å². The van der Waals surface area contributed by atoms with Crippen LogP contribution in [-0.2, 0) is 4.79 Å². The van der Waals surface area contributed by atoms with Crippen LogP contribution in [0, 0.1) is 0 Å². The highest BCUT2D eigenvalue weighted by Gasteiger charge is 2.11. The smallest absolute Gasteiger partial charge is 0.338 e. The predicted octanol–water partition coefficient (Wildman–Crippen LogP) is 3.04. The molecule has 0 bridgehead atoms. The van der Waals surface area contributed by atoms with Gasteiger partial charge in [0.25, 0.3) is 0 Å². The minimum Gasteiger partial charge on any atom is -0.465 e. The second-order valence-corrected chi connectivity index (χ2v) is 4.49. The molecule has 0 aliphatic rings. The first-order chi connectivity index (χ1) is 9.49. The third-order valence-corrected chi connectivity index (χ3v) is 2.69. The lowest BCUT2D eigenvalue weighted by molar-refractivity contribution is -0.129. The number of aliphatic hydroxyl groups is 1. The van der Waals surface area contributed by atoms with Crippen LogP contribution in [0.1, 0.15) is 13.8 Å². The van der Waals surface area contributed by atoms with Crippen molar-refractivity contribution in [1.29, 1.82) is 0 Å².